The summed E-state index contributed by atoms with van der Waals surface area (Å²) in [6.07, 6.45) is 5.49. The summed E-state index contributed by atoms with van der Waals surface area (Å²) in [5.74, 6) is 0.673. The standard InChI is InChI=1S/C10H14BrNOS/c1-7-4-2-3-5-8(7)13-10-12-9(11)6-14-10/h6-8H,2-5H2,1H3. The lowest BCUT2D eigenvalue weighted by molar-refractivity contribution is 0.102. The van der Waals surface area contributed by atoms with Crippen molar-refractivity contribution in [2.75, 3.05) is 0 Å². The third kappa shape index (κ3) is 2.48. The molecule has 0 aromatic carbocycles. The van der Waals surface area contributed by atoms with E-state index in [0.29, 0.717) is 12.0 Å². The fourth-order valence-corrected chi connectivity index (χ4v) is 3.02. The molecule has 0 saturated heterocycles. The Kier molecular flexibility index (Phi) is 3.44. The molecule has 0 amide bonds. The molecule has 1 aliphatic rings. The molecule has 0 bridgehead atoms. The van der Waals surface area contributed by atoms with Crippen LogP contribution in [-0.4, -0.2) is 11.1 Å². The second-order valence-electron chi connectivity index (χ2n) is 3.85. The van der Waals surface area contributed by atoms with Gasteiger partial charge in [-0.3, -0.25) is 0 Å². The molecule has 1 heterocycles. The first-order valence-corrected chi connectivity index (χ1v) is 6.70. The van der Waals surface area contributed by atoms with Crippen molar-refractivity contribution >= 4 is 27.3 Å². The molecule has 2 atom stereocenters. The lowest BCUT2D eigenvalue weighted by atomic mass is 9.88. The molecule has 0 aliphatic heterocycles. The van der Waals surface area contributed by atoms with Gasteiger partial charge in [0.1, 0.15) is 10.7 Å². The number of hydrogen-bond donors (Lipinski definition) is 0. The van der Waals surface area contributed by atoms with E-state index in [4.69, 9.17) is 4.74 Å². The van der Waals surface area contributed by atoms with Gasteiger partial charge < -0.3 is 4.74 Å². The Hall–Kier alpha value is -0.0900. The molecule has 1 saturated carbocycles. The zero-order valence-electron chi connectivity index (χ0n) is 8.20. The summed E-state index contributed by atoms with van der Waals surface area (Å²) in [5.41, 5.74) is 0. The van der Waals surface area contributed by atoms with Gasteiger partial charge in [-0.2, -0.15) is 4.98 Å². The van der Waals surface area contributed by atoms with Crippen LogP contribution in [0.1, 0.15) is 32.6 Å². The van der Waals surface area contributed by atoms with Crippen LogP contribution in [0.15, 0.2) is 9.98 Å². The molecule has 2 unspecified atom stereocenters. The predicted octanol–water partition coefficient (Wildman–Crippen LogP) is 3.86. The molecule has 14 heavy (non-hydrogen) atoms. The molecule has 1 aromatic rings. The molecule has 0 spiro atoms. The average Bonchev–Trinajstić information content (AvgIpc) is 2.56. The molecular weight excluding hydrogens is 262 g/mol. The lowest BCUT2D eigenvalue weighted by Crippen LogP contribution is -2.28. The van der Waals surface area contributed by atoms with Crippen molar-refractivity contribution < 1.29 is 4.74 Å². The molecule has 1 aliphatic carbocycles. The summed E-state index contributed by atoms with van der Waals surface area (Å²) in [4.78, 5) is 4.25. The van der Waals surface area contributed by atoms with E-state index in [2.05, 4.69) is 27.8 Å². The van der Waals surface area contributed by atoms with Gasteiger partial charge in [-0.1, -0.05) is 24.7 Å². The van der Waals surface area contributed by atoms with Gasteiger partial charge in [-0.15, -0.1) is 0 Å². The number of rotatable bonds is 2. The second-order valence-corrected chi connectivity index (χ2v) is 5.49. The third-order valence-electron chi connectivity index (χ3n) is 2.74. The Morgan fingerprint density at radius 1 is 1.50 bits per heavy atom. The Labute approximate surface area is 96.8 Å². The van der Waals surface area contributed by atoms with Crippen LogP contribution < -0.4 is 4.74 Å². The maximum Gasteiger partial charge on any atom is 0.274 e. The minimum Gasteiger partial charge on any atom is -0.466 e. The number of thiazole rings is 1. The smallest absolute Gasteiger partial charge is 0.274 e. The highest BCUT2D eigenvalue weighted by molar-refractivity contribution is 9.10. The van der Waals surface area contributed by atoms with Gasteiger partial charge in [-0.05, 0) is 41.1 Å². The molecule has 0 N–H and O–H groups in total. The summed E-state index contributed by atoms with van der Waals surface area (Å²) in [5, 5.41) is 2.76. The highest BCUT2D eigenvalue weighted by atomic mass is 79.9. The largest absolute Gasteiger partial charge is 0.466 e. The minimum absolute atomic E-state index is 0.377. The number of nitrogens with zero attached hydrogens (tertiary/aromatic N) is 1. The number of hydrogen-bond acceptors (Lipinski definition) is 3. The van der Waals surface area contributed by atoms with E-state index < -0.39 is 0 Å². The van der Waals surface area contributed by atoms with Crippen LogP contribution in [0.5, 0.6) is 5.19 Å². The van der Waals surface area contributed by atoms with E-state index in [1.807, 2.05) is 5.38 Å². The Morgan fingerprint density at radius 2 is 2.29 bits per heavy atom. The van der Waals surface area contributed by atoms with E-state index in [1.54, 1.807) is 11.3 Å². The fraction of sp³-hybridized carbons (Fsp3) is 0.700. The predicted molar refractivity (Wildman–Crippen MR) is 61.9 cm³/mol. The first-order chi connectivity index (χ1) is 6.75. The average molecular weight is 276 g/mol. The molecule has 2 nitrogen and oxygen atoms in total. The first-order valence-electron chi connectivity index (χ1n) is 5.03. The molecule has 0 radical (unpaired) electrons. The fourth-order valence-electron chi connectivity index (χ4n) is 1.88. The number of halogens is 1. The Bertz CT molecular complexity index is 302. The van der Waals surface area contributed by atoms with Crippen LogP contribution >= 0.6 is 27.3 Å². The summed E-state index contributed by atoms with van der Waals surface area (Å²) in [6, 6.07) is 0. The second kappa shape index (κ2) is 4.62. The van der Waals surface area contributed by atoms with E-state index in [0.717, 1.165) is 9.80 Å². The molecule has 1 fully saturated rings. The van der Waals surface area contributed by atoms with E-state index >= 15 is 0 Å². The normalized spacial score (nSPS) is 27.6. The van der Waals surface area contributed by atoms with Crippen molar-refractivity contribution in [1.29, 1.82) is 0 Å². The Morgan fingerprint density at radius 3 is 2.93 bits per heavy atom. The molecule has 78 valence electrons. The quantitative estimate of drug-likeness (QED) is 0.818. The maximum absolute atomic E-state index is 5.87. The van der Waals surface area contributed by atoms with Crippen molar-refractivity contribution in [1.82, 2.24) is 4.98 Å². The van der Waals surface area contributed by atoms with Gasteiger partial charge in [0.25, 0.3) is 5.19 Å². The van der Waals surface area contributed by atoms with Crippen LogP contribution in [0.3, 0.4) is 0 Å². The van der Waals surface area contributed by atoms with E-state index in [1.165, 1.54) is 25.7 Å². The zero-order valence-corrected chi connectivity index (χ0v) is 10.6. The minimum atomic E-state index is 0.377. The van der Waals surface area contributed by atoms with Gasteiger partial charge in [0.2, 0.25) is 0 Å². The topological polar surface area (TPSA) is 22.1 Å². The first kappa shape index (κ1) is 10.4. The summed E-state index contributed by atoms with van der Waals surface area (Å²) in [7, 11) is 0. The van der Waals surface area contributed by atoms with Gasteiger partial charge in [-0.25, -0.2) is 0 Å². The highest BCUT2D eigenvalue weighted by Gasteiger charge is 2.23. The van der Waals surface area contributed by atoms with Crippen molar-refractivity contribution in [3.8, 4) is 5.19 Å². The molecular formula is C10H14BrNOS. The third-order valence-corrected chi connectivity index (χ3v) is 4.18. The molecule has 2 rings (SSSR count). The summed E-state index contributed by atoms with van der Waals surface area (Å²) in [6.45, 7) is 2.27. The van der Waals surface area contributed by atoms with Crippen LogP contribution in [0.25, 0.3) is 0 Å². The van der Waals surface area contributed by atoms with Crippen molar-refractivity contribution in [2.45, 2.75) is 38.7 Å². The summed E-state index contributed by atoms with van der Waals surface area (Å²) >= 11 is 4.90. The monoisotopic (exact) mass is 275 g/mol. The number of ether oxygens (including phenoxy) is 1. The van der Waals surface area contributed by atoms with Crippen molar-refractivity contribution in [3.05, 3.63) is 9.98 Å². The van der Waals surface area contributed by atoms with E-state index in [9.17, 15) is 0 Å². The zero-order chi connectivity index (χ0) is 9.97. The van der Waals surface area contributed by atoms with E-state index in [-0.39, 0.29) is 0 Å². The lowest BCUT2D eigenvalue weighted by Gasteiger charge is -2.28. The van der Waals surface area contributed by atoms with Gasteiger partial charge in [0.15, 0.2) is 0 Å². The molecule has 4 heteroatoms. The van der Waals surface area contributed by atoms with Crippen LogP contribution in [-0.2, 0) is 0 Å². The van der Waals surface area contributed by atoms with Gasteiger partial charge in [0.05, 0.1) is 0 Å². The maximum atomic E-state index is 5.87. The van der Waals surface area contributed by atoms with Crippen LogP contribution in [0, 0.1) is 5.92 Å². The van der Waals surface area contributed by atoms with Gasteiger partial charge in [0, 0.05) is 5.38 Å². The Balaban J connectivity index is 1.95. The van der Waals surface area contributed by atoms with Crippen molar-refractivity contribution in [2.24, 2.45) is 5.92 Å². The van der Waals surface area contributed by atoms with Gasteiger partial charge >= 0.3 is 0 Å². The van der Waals surface area contributed by atoms with Crippen LogP contribution in [0.4, 0.5) is 0 Å². The highest BCUT2D eigenvalue weighted by Crippen LogP contribution is 2.30. The van der Waals surface area contributed by atoms with Crippen LogP contribution in [0.2, 0.25) is 0 Å². The summed E-state index contributed by atoms with van der Waals surface area (Å²) < 4.78 is 6.74. The SMILES string of the molecule is CC1CCCCC1Oc1nc(Br)cs1. The van der Waals surface area contributed by atoms with Crippen molar-refractivity contribution in [3.63, 3.8) is 0 Å². The molecule has 1 aromatic heterocycles. The number of aromatic nitrogens is 1.